The molecule has 0 aliphatic carbocycles. The van der Waals surface area contributed by atoms with Gasteiger partial charge in [0.25, 0.3) is 0 Å². The molecule has 11 heteroatoms. The van der Waals surface area contributed by atoms with Gasteiger partial charge in [-0.25, -0.2) is 9.59 Å². The van der Waals surface area contributed by atoms with Crippen molar-refractivity contribution in [2.24, 2.45) is 4.99 Å². The minimum Gasteiger partial charge on any atom is -0.492 e. The second-order valence-corrected chi connectivity index (χ2v) is 9.83. The van der Waals surface area contributed by atoms with Crippen LogP contribution in [0.3, 0.4) is 0 Å². The summed E-state index contributed by atoms with van der Waals surface area (Å²) in [4.78, 5) is 46.0. The van der Waals surface area contributed by atoms with Gasteiger partial charge in [-0.2, -0.15) is 0 Å². The summed E-state index contributed by atoms with van der Waals surface area (Å²) in [5.74, 6) is 0.522. The molecule has 11 nitrogen and oxygen atoms in total. The van der Waals surface area contributed by atoms with E-state index in [4.69, 9.17) is 28.7 Å². The Balaban J connectivity index is 1.75. The number of hydrogen-bond acceptors (Lipinski definition) is 9. The van der Waals surface area contributed by atoms with Crippen molar-refractivity contribution >= 4 is 35.2 Å². The van der Waals surface area contributed by atoms with E-state index in [9.17, 15) is 14.4 Å². The molecular weight excluding hydrogens is 518 g/mol. The minimum atomic E-state index is -0.783. The summed E-state index contributed by atoms with van der Waals surface area (Å²) in [6, 6.07) is 9.39. The lowest BCUT2D eigenvalue weighted by Gasteiger charge is -2.46. The molecule has 0 saturated carbocycles. The zero-order chi connectivity index (χ0) is 28.6. The molecule has 2 atom stereocenters. The molecule has 5 rings (SSSR count). The maximum atomic E-state index is 12.9. The van der Waals surface area contributed by atoms with Gasteiger partial charge in [0.05, 0.1) is 64.1 Å². The molecule has 2 aromatic rings. The van der Waals surface area contributed by atoms with Crippen molar-refractivity contribution in [2.75, 3.05) is 53.5 Å². The number of nitrogens with zero attached hydrogens (tertiary/aromatic N) is 3. The molecule has 0 N–H and O–H groups in total. The number of esters is 1. The Kier molecular flexibility index (Phi) is 7.31. The van der Waals surface area contributed by atoms with Gasteiger partial charge < -0.3 is 23.7 Å². The fourth-order valence-electron chi connectivity index (χ4n) is 6.43. The van der Waals surface area contributed by atoms with Crippen LogP contribution in [0, 0.1) is 0 Å². The minimum absolute atomic E-state index is 0.0961. The summed E-state index contributed by atoms with van der Waals surface area (Å²) in [6.45, 7) is 0.788. The molecule has 212 valence electrons. The predicted octanol–water partition coefficient (Wildman–Crippen LogP) is 4.00. The highest BCUT2D eigenvalue weighted by molar-refractivity contribution is 6.10. The van der Waals surface area contributed by atoms with Crippen molar-refractivity contribution in [1.29, 1.82) is 0 Å². The molecule has 2 aromatic carbocycles. The lowest BCUT2D eigenvalue weighted by atomic mass is 9.64. The first-order chi connectivity index (χ1) is 19.4. The van der Waals surface area contributed by atoms with Crippen molar-refractivity contribution in [2.45, 2.75) is 37.1 Å². The molecule has 1 fully saturated rings. The van der Waals surface area contributed by atoms with Crippen LogP contribution in [0.5, 0.6) is 11.5 Å². The fourth-order valence-corrected chi connectivity index (χ4v) is 6.43. The fraction of sp³-hybridized carbons (Fsp3) is 0.448. The Morgan fingerprint density at radius 3 is 2.33 bits per heavy atom. The number of para-hydroxylation sites is 1. The Hall–Kier alpha value is -4.28. The van der Waals surface area contributed by atoms with Gasteiger partial charge >= 0.3 is 18.2 Å². The molecule has 2 amide bonds. The number of hydrogen-bond donors (Lipinski definition) is 0. The van der Waals surface area contributed by atoms with Crippen molar-refractivity contribution in [3.05, 3.63) is 47.0 Å². The SMILES string of the molecule is COC(=O)CC[C@H]1C2=Nc3ccccc3[C@@]2(c2cc3c(c(OC)c2OC)N(C(=O)OC)CC3)CCN1C(=O)OC. The first-order valence-electron chi connectivity index (χ1n) is 13.1. The Labute approximate surface area is 232 Å². The van der Waals surface area contributed by atoms with Crippen LogP contribution in [-0.2, 0) is 30.8 Å². The molecule has 0 radical (unpaired) electrons. The third-order valence-corrected chi connectivity index (χ3v) is 8.15. The second kappa shape index (κ2) is 10.7. The standard InChI is InChI=1S/C29H33N3O8/c1-36-22(33)11-10-21-26-29(13-15-31(21)27(34)39-4,18-8-6-7-9-20(18)30-26)19-16-17-12-14-32(28(35)40-5)23(17)25(38-3)24(19)37-2/h6-9,16,21H,10-15H2,1-5H3/t21-,29+/m0/s1. The largest absolute Gasteiger partial charge is 0.492 e. The summed E-state index contributed by atoms with van der Waals surface area (Å²) in [5.41, 5.74) is 4.05. The van der Waals surface area contributed by atoms with Crippen LogP contribution >= 0.6 is 0 Å². The number of amides is 2. The number of anilines is 1. The molecule has 3 heterocycles. The number of ether oxygens (including phenoxy) is 5. The highest BCUT2D eigenvalue weighted by Gasteiger charge is 2.55. The number of likely N-dealkylation sites (tertiary alicyclic amines) is 1. The van der Waals surface area contributed by atoms with E-state index in [1.165, 1.54) is 21.3 Å². The van der Waals surface area contributed by atoms with Gasteiger partial charge in [-0.15, -0.1) is 0 Å². The third-order valence-electron chi connectivity index (χ3n) is 8.15. The van der Waals surface area contributed by atoms with Crippen molar-refractivity contribution in [1.82, 2.24) is 4.90 Å². The number of rotatable bonds is 6. The lowest BCUT2D eigenvalue weighted by Crippen LogP contribution is -2.58. The molecule has 1 saturated heterocycles. The van der Waals surface area contributed by atoms with Crippen LogP contribution in [0.15, 0.2) is 35.3 Å². The summed E-state index contributed by atoms with van der Waals surface area (Å²) in [7, 11) is 7.14. The highest BCUT2D eigenvalue weighted by Crippen LogP contribution is 2.57. The molecular formula is C29H33N3O8. The van der Waals surface area contributed by atoms with E-state index >= 15 is 0 Å². The van der Waals surface area contributed by atoms with E-state index in [1.807, 2.05) is 24.3 Å². The van der Waals surface area contributed by atoms with Gasteiger partial charge in [-0.3, -0.25) is 19.6 Å². The normalized spacial score (nSPS) is 20.6. The molecule has 3 aliphatic rings. The topological polar surface area (TPSA) is 116 Å². The van der Waals surface area contributed by atoms with E-state index in [2.05, 4.69) is 6.07 Å². The van der Waals surface area contributed by atoms with Crippen LogP contribution in [0.2, 0.25) is 0 Å². The van der Waals surface area contributed by atoms with Crippen LogP contribution in [0.25, 0.3) is 0 Å². The van der Waals surface area contributed by atoms with Gasteiger partial charge in [-0.05, 0) is 42.5 Å². The lowest BCUT2D eigenvalue weighted by molar-refractivity contribution is -0.140. The number of carbonyl (C=O) groups is 3. The Morgan fingerprint density at radius 2 is 1.65 bits per heavy atom. The van der Waals surface area contributed by atoms with Crippen LogP contribution in [-0.4, -0.2) is 83.4 Å². The maximum Gasteiger partial charge on any atom is 0.414 e. The number of aliphatic imine (C=N–C) groups is 1. The Bertz CT molecular complexity index is 1390. The smallest absolute Gasteiger partial charge is 0.414 e. The third kappa shape index (κ3) is 4.02. The Morgan fingerprint density at radius 1 is 0.925 bits per heavy atom. The summed E-state index contributed by atoms with van der Waals surface area (Å²) < 4.78 is 27.0. The summed E-state index contributed by atoms with van der Waals surface area (Å²) in [6.07, 6.45) is 0.519. The van der Waals surface area contributed by atoms with Crippen LogP contribution in [0.1, 0.15) is 36.0 Å². The molecule has 0 bridgehead atoms. The molecule has 0 spiro atoms. The number of carbonyl (C=O) groups excluding carboxylic acids is 3. The van der Waals surface area contributed by atoms with Gasteiger partial charge in [0, 0.05) is 25.1 Å². The van der Waals surface area contributed by atoms with E-state index < -0.39 is 23.6 Å². The van der Waals surface area contributed by atoms with Crippen LogP contribution < -0.4 is 14.4 Å². The van der Waals surface area contributed by atoms with Gasteiger partial charge in [0.15, 0.2) is 11.5 Å². The zero-order valence-corrected chi connectivity index (χ0v) is 23.3. The molecule has 0 aromatic heterocycles. The quantitative estimate of drug-likeness (QED) is 0.391. The van der Waals surface area contributed by atoms with Crippen molar-refractivity contribution < 1.29 is 38.1 Å². The van der Waals surface area contributed by atoms with E-state index in [-0.39, 0.29) is 12.4 Å². The van der Waals surface area contributed by atoms with Gasteiger partial charge in [-0.1, -0.05) is 18.2 Å². The number of methoxy groups -OCH3 is 5. The highest BCUT2D eigenvalue weighted by atomic mass is 16.5. The molecule has 40 heavy (non-hydrogen) atoms. The van der Waals surface area contributed by atoms with Gasteiger partial charge in [0.2, 0.25) is 0 Å². The predicted molar refractivity (Wildman–Crippen MR) is 146 cm³/mol. The first kappa shape index (κ1) is 27.3. The second-order valence-electron chi connectivity index (χ2n) is 9.83. The number of fused-ring (bicyclic) bond motifs is 4. The van der Waals surface area contributed by atoms with Crippen LogP contribution in [0.4, 0.5) is 21.0 Å². The van der Waals surface area contributed by atoms with Crippen molar-refractivity contribution in [3.63, 3.8) is 0 Å². The number of benzene rings is 2. The van der Waals surface area contributed by atoms with Gasteiger partial charge in [0.1, 0.15) is 0 Å². The van der Waals surface area contributed by atoms with Crippen molar-refractivity contribution in [3.8, 4) is 11.5 Å². The summed E-state index contributed by atoms with van der Waals surface area (Å²) in [5, 5.41) is 0. The first-order valence-corrected chi connectivity index (χ1v) is 13.1. The summed E-state index contributed by atoms with van der Waals surface area (Å²) >= 11 is 0. The van der Waals surface area contributed by atoms with E-state index in [1.54, 1.807) is 24.0 Å². The van der Waals surface area contributed by atoms with E-state index in [0.717, 1.165) is 28.1 Å². The zero-order valence-electron chi connectivity index (χ0n) is 23.3. The maximum absolute atomic E-state index is 12.9. The average molecular weight is 552 g/mol. The monoisotopic (exact) mass is 551 g/mol. The number of piperidine rings is 1. The molecule has 3 aliphatic heterocycles. The van der Waals surface area contributed by atoms with E-state index in [0.29, 0.717) is 49.5 Å². The average Bonchev–Trinajstić information content (AvgIpc) is 3.57. The molecule has 0 unspecified atom stereocenters.